The molecule has 0 aromatic carbocycles. The number of unbranched alkanes of at least 4 members (excludes halogenated alkanes) is 5. The van der Waals surface area contributed by atoms with Crippen molar-refractivity contribution in [3.63, 3.8) is 0 Å². The summed E-state index contributed by atoms with van der Waals surface area (Å²) in [5.41, 5.74) is 10.7. The van der Waals surface area contributed by atoms with Gasteiger partial charge in [-0.2, -0.15) is 0 Å². The van der Waals surface area contributed by atoms with E-state index in [1.165, 1.54) is 25.7 Å². The van der Waals surface area contributed by atoms with Crippen LogP contribution in [0.25, 0.3) is 0 Å². The molecular formula is C11H27Cl2N3O. The van der Waals surface area contributed by atoms with Crippen molar-refractivity contribution in [2.75, 3.05) is 19.6 Å². The second kappa shape index (κ2) is 18.3. The van der Waals surface area contributed by atoms with Crippen LogP contribution in [0.15, 0.2) is 0 Å². The van der Waals surface area contributed by atoms with Gasteiger partial charge in [-0.3, -0.25) is 4.79 Å². The van der Waals surface area contributed by atoms with Gasteiger partial charge in [0, 0.05) is 19.5 Å². The van der Waals surface area contributed by atoms with Gasteiger partial charge in [0.2, 0.25) is 5.91 Å². The van der Waals surface area contributed by atoms with Crippen molar-refractivity contribution in [2.45, 2.75) is 44.9 Å². The van der Waals surface area contributed by atoms with Crippen molar-refractivity contribution < 1.29 is 4.79 Å². The zero-order valence-electron chi connectivity index (χ0n) is 10.5. The molecule has 0 heterocycles. The fourth-order valence-electron chi connectivity index (χ4n) is 1.42. The quantitative estimate of drug-likeness (QED) is 0.534. The number of amides is 1. The lowest BCUT2D eigenvalue weighted by Gasteiger charge is -2.04. The lowest BCUT2D eigenvalue weighted by atomic mass is 10.1. The van der Waals surface area contributed by atoms with Crippen LogP contribution in [0.5, 0.6) is 0 Å². The van der Waals surface area contributed by atoms with Crippen LogP contribution in [-0.2, 0) is 4.79 Å². The SMILES string of the molecule is Cl.Cl.NCCCCCCCCNC(=O)CCN. The zero-order valence-corrected chi connectivity index (χ0v) is 12.1. The van der Waals surface area contributed by atoms with E-state index >= 15 is 0 Å². The fraction of sp³-hybridized carbons (Fsp3) is 0.909. The number of hydrogen-bond acceptors (Lipinski definition) is 3. The van der Waals surface area contributed by atoms with Crippen LogP contribution in [0.1, 0.15) is 44.9 Å². The number of nitrogens with one attached hydrogen (secondary N) is 1. The Labute approximate surface area is 117 Å². The number of carbonyl (C=O) groups excluding carboxylic acids is 1. The van der Waals surface area contributed by atoms with Crippen LogP contribution >= 0.6 is 24.8 Å². The van der Waals surface area contributed by atoms with Gasteiger partial charge in [-0.25, -0.2) is 0 Å². The number of carbonyl (C=O) groups is 1. The van der Waals surface area contributed by atoms with Gasteiger partial charge in [0.15, 0.2) is 0 Å². The van der Waals surface area contributed by atoms with Gasteiger partial charge in [-0.15, -0.1) is 24.8 Å². The first-order valence-electron chi connectivity index (χ1n) is 5.98. The maximum absolute atomic E-state index is 11.0. The maximum Gasteiger partial charge on any atom is 0.221 e. The molecule has 0 saturated heterocycles. The third-order valence-corrected chi connectivity index (χ3v) is 2.32. The Balaban J connectivity index is -0.000000980. The molecular weight excluding hydrogens is 261 g/mol. The molecule has 0 unspecified atom stereocenters. The van der Waals surface area contributed by atoms with E-state index < -0.39 is 0 Å². The minimum absolute atomic E-state index is 0. The Morgan fingerprint density at radius 2 is 1.35 bits per heavy atom. The molecule has 0 atom stereocenters. The van der Waals surface area contributed by atoms with Crippen LogP contribution in [0.4, 0.5) is 0 Å². The molecule has 0 aliphatic carbocycles. The molecule has 5 N–H and O–H groups in total. The Bertz CT molecular complexity index is 160. The normalized spacial score (nSPS) is 9.06. The second-order valence-electron chi connectivity index (χ2n) is 3.80. The van der Waals surface area contributed by atoms with Crippen LogP contribution in [0, 0.1) is 0 Å². The topological polar surface area (TPSA) is 81.1 Å². The lowest BCUT2D eigenvalue weighted by molar-refractivity contribution is -0.120. The van der Waals surface area contributed by atoms with Crippen molar-refractivity contribution in [3.8, 4) is 0 Å². The van der Waals surface area contributed by atoms with E-state index in [1.807, 2.05) is 0 Å². The number of hydrogen-bond donors (Lipinski definition) is 3. The number of nitrogens with two attached hydrogens (primary N) is 2. The smallest absolute Gasteiger partial charge is 0.221 e. The van der Waals surface area contributed by atoms with Crippen LogP contribution in [-0.4, -0.2) is 25.5 Å². The van der Waals surface area contributed by atoms with Gasteiger partial charge in [0.25, 0.3) is 0 Å². The summed E-state index contributed by atoms with van der Waals surface area (Å²) >= 11 is 0. The Kier molecular flexibility index (Phi) is 23.9. The monoisotopic (exact) mass is 287 g/mol. The van der Waals surface area contributed by atoms with E-state index in [4.69, 9.17) is 11.5 Å². The molecule has 0 spiro atoms. The molecule has 0 aliphatic heterocycles. The third kappa shape index (κ3) is 18.5. The Hall–Kier alpha value is -0.0300. The Morgan fingerprint density at radius 3 is 1.88 bits per heavy atom. The third-order valence-electron chi connectivity index (χ3n) is 2.32. The first-order valence-corrected chi connectivity index (χ1v) is 5.98. The summed E-state index contributed by atoms with van der Waals surface area (Å²) in [7, 11) is 0. The van der Waals surface area contributed by atoms with Gasteiger partial charge in [-0.1, -0.05) is 25.7 Å². The fourth-order valence-corrected chi connectivity index (χ4v) is 1.42. The molecule has 106 valence electrons. The van der Waals surface area contributed by atoms with E-state index in [2.05, 4.69) is 5.32 Å². The zero-order chi connectivity index (χ0) is 11.4. The van der Waals surface area contributed by atoms with Crippen LogP contribution in [0.2, 0.25) is 0 Å². The van der Waals surface area contributed by atoms with E-state index in [1.54, 1.807) is 0 Å². The predicted octanol–water partition coefficient (Wildman–Crippen LogP) is 1.59. The van der Waals surface area contributed by atoms with Crippen molar-refractivity contribution in [2.24, 2.45) is 11.5 Å². The van der Waals surface area contributed by atoms with E-state index in [-0.39, 0.29) is 30.7 Å². The van der Waals surface area contributed by atoms with E-state index in [9.17, 15) is 4.79 Å². The maximum atomic E-state index is 11.0. The van der Waals surface area contributed by atoms with Crippen LogP contribution < -0.4 is 16.8 Å². The lowest BCUT2D eigenvalue weighted by Crippen LogP contribution is -2.26. The summed E-state index contributed by atoms with van der Waals surface area (Å²) in [5.74, 6) is 0.0700. The largest absolute Gasteiger partial charge is 0.356 e. The van der Waals surface area contributed by atoms with Gasteiger partial charge in [0.05, 0.1) is 0 Å². The molecule has 0 aliphatic rings. The van der Waals surface area contributed by atoms with E-state index in [0.29, 0.717) is 13.0 Å². The van der Waals surface area contributed by atoms with Gasteiger partial charge in [-0.05, 0) is 19.4 Å². The molecule has 0 radical (unpaired) electrons. The van der Waals surface area contributed by atoms with Crippen molar-refractivity contribution in [1.82, 2.24) is 5.32 Å². The van der Waals surface area contributed by atoms with E-state index in [0.717, 1.165) is 25.9 Å². The summed E-state index contributed by atoms with van der Waals surface area (Å²) in [6.45, 7) is 2.02. The summed E-state index contributed by atoms with van der Waals surface area (Å²) in [6, 6.07) is 0. The summed E-state index contributed by atoms with van der Waals surface area (Å²) in [6.07, 6.45) is 7.56. The highest BCUT2D eigenvalue weighted by atomic mass is 35.5. The Morgan fingerprint density at radius 1 is 0.824 bits per heavy atom. The first-order chi connectivity index (χ1) is 7.31. The van der Waals surface area contributed by atoms with Gasteiger partial charge < -0.3 is 16.8 Å². The molecule has 4 nitrogen and oxygen atoms in total. The molecule has 0 rings (SSSR count). The highest BCUT2D eigenvalue weighted by molar-refractivity contribution is 5.85. The van der Waals surface area contributed by atoms with Crippen LogP contribution in [0.3, 0.4) is 0 Å². The average Bonchev–Trinajstić information content (AvgIpc) is 2.22. The summed E-state index contributed by atoms with van der Waals surface area (Å²) < 4.78 is 0. The average molecular weight is 288 g/mol. The predicted molar refractivity (Wildman–Crippen MR) is 77.9 cm³/mol. The van der Waals surface area contributed by atoms with Crippen molar-refractivity contribution in [3.05, 3.63) is 0 Å². The summed E-state index contributed by atoms with van der Waals surface area (Å²) in [5, 5.41) is 2.85. The highest BCUT2D eigenvalue weighted by Gasteiger charge is 1.97. The molecule has 1 amide bonds. The van der Waals surface area contributed by atoms with Crippen molar-refractivity contribution in [1.29, 1.82) is 0 Å². The highest BCUT2D eigenvalue weighted by Crippen LogP contribution is 2.03. The molecule has 6 heteroatoms. The van der Waals surface area contributed by atoms with Gasteiger partial charge >= 0.3 is 0 Å². The molecule has 0 aromatic heterocycles. The molecule has 0 fully saturated rings. The minimum Gasteiger partial charge on any atom is -0.356 e. The number of rotatable bonds is 10. The number of halogens is 2. The van der Waals surface area contributed by atoms with Crippen molar-refractivity contribution >= 4 is 30.7 Å². The standard InChI is InChI=1S/C11H25N3O.2ClH/c12-8-5-3-1-2-4-6-10-14-11(15)7-9-13;;/h1-10,12-13H2,(H,14,15);2*1H. The van der Waals surface area contributed by atoms with Gasteiger partial charge in [0.1, 0.15) is 0 Å². The summed E-state index contributed by atoms with van der Waals surface area (Å²) in [4.78, 5) is 11.0. The molecule has 0 aromatic rings. The molecule has 0 bridgehead atoms. The molecule has 17 heavy (non-hydrogen) atoms. The molecule has 0 saturated carbocycles. The second-order valence-corrected chi connectivity index (χ2v) is 3.80. The first kappa shape index (κ1) is 22.2. The minimum atomic E-state index is 0.